The van der Waals surface area contributed by atoms with Gasteiger partial charge in [-0.25, -0.2) is 0 Å². The first-order chi connectivity index (χ1) is 14.8. The summed E-state index contributed by atoms with van der Waals surface area (Å²) in [7, 11) is 7.14. The van der Waals surface area contributed by atoms with Gasteiger partial charge in [0, 0.05) is 62.9 Å². The third-order valence-electron chi connectivity index (χ3n) is 6.65. The summed E-state index contributed by atoms with van der Waals surface area (Å²) in [6.45, 7) is 4.07. The van der Waals surface area contributed by atoms with Crippen molar-refractivity contribution in [1.29, 1.82) is 0 Å². The molecule has 2 aromatic rings. The molecule has 0 radical (unpaired) electrons. The number of carbonyl (C=O) groups is 2. The maximum atomic E-state index is 13.3. The lowest BCUT2D eigenvalue weighted by molar-refractivity contribution is -0.134. The molecule has 4 rings (SSSR count). The van der Waals surface area contributed by atoms with Crippen molar-refractivity contribution in [3.63, 3.8) is 0 Å². The van der Waals surface area contributed by atoms with Crippen LogP contribution in [0.1, 0.15) is 28.9 Å². The number of aromatic nitrogens is 1. The van der Waals surface area contributed by atoms with Crippen LogP contribution in [0.4, 0.5) is 0 Å². The zero-order chi connectivity index (χ0) is 22.3. The second-order valence-corrected chi connectivity index (χ2v) is 8.86. The van der Waals surface area contributed by atoms with Crippen molar-refractivity contribution in [3.8, 4) is 5.75 Å². The molecule has 31 heavy (non-hydrogen) atoms. The van der Waals surface area contributed by atoms with E-state index in [1.54, 1.807) is 26.1 Å². The number of ether oxygens (including phenoxy) is 2. The van der Waals surface area contributed by atoms with E-state index in [4.69, 9.17) is 9.47 Å². The number of nitrogens with zero attached hydrogens (tertiary/aromatic N) is 3. The molecule has 2 fully saturated rings. The molecule has 0 spiro atoms. The third-order valence-corrected chi connectivity index (χ3v) is 6.65. The van der Waals surface area contributed by atoms with E-state index in [1.807, 2.05) is 36.7 Å². The first-order valence-electron chi connectivity index (χ1n) is 10.8. The Balaban J connectivity index is 1.45. The molecule has 2 saturated heterocycles. The Morgan fingerprint density at radius 1 is 1.29 bits per heavy atom. The van der Waals surface area contributed by atoms with E-state index in [9.17, 15) is 9.59 Å². The van der Waals surface area contributed by atoms with Crippen molar-refractivity contribution in [2.45, 2.75) is 38.0 Å². The molecule has 3 heterocycles. The molecule has 3 unspecified atom stereocenters. The summed E-state index contributed by atoms with van der Waals surface area (Å²) in [5, 5.41) is 4.14. The van der Waals surface area contributed by atoms with Crippen LogP contribution in [0.5, 0.6) is 5.75 Å². The zero-order valence-corrected chi connectivity index (χ0v) is 19.0. The molecular formula is C23H32N4O4. The molecule has 2 aliphatic rings. The minimum Gasteiger partial charge on any atom is -0.497 e. The number of fused-ring (bicyclic) bond motifs is 2. The molecule has 1 aromatic heterocycles. The molecule has 168 valence electrons. The Morgan fingerprint density at radius 3 is 2.77 bits per heavy atom. The fourth-order valence-electron chi connectivity index (χ4n) is 4.77. The lowest BCUT2D eigenvalue weighted by atomic mass is 10.1. The van der Waals surface area contributed by atoms with Gasteiger partial charge in [0.1, 0.15) is 5.75 Å². The molecular weight excluding hydrogens is 396 g/mol. The van der Waals surface area contributed by atoms with Crippen LogP contribution in [0.15, 0.2) is 18.2 Å². The summed E-state index contributed by atoms with van der Waals surface area (Å²) < 4.78 is 13.3. The van der Waals surface area contributed by atoms with Gasteiger partial charge in [-0.2, -0.15) is 0 Å². The van der Waals surface area contributed by atoms with Gasteiger partial charge in [0.2, 0.25) is 5.91 Å². The first-order valence-corrected chi connectivity index (χ1v) is 10.8. The monoisotopic (exact) mass is 428 g/mol. The van der Waals surface area contributed by atoms with Gasteiger partial charge in [0.25, 0.3) is 5.91 Å². The maximum Gasteiger partial charge on any atom is 0.253 e. The summed E-state index contributed by atoms with van der Waals surface area (Å²) in [6, 6.07) is 6.17. The van der Waals surface area contributed by atoms with Crippen molar-refractivity contribution in [3.05, 3.63) is 29.5 Å². The van der Waals surface area contributed by atoms with E-state index in [-0.39, 0.29) is 30.0 Å². The van der Waals surface area contributed by atoms with Crippen LogP contribution in [0.25, 0.3) is 10.9 Å². The Kier molecular flexibility index (Phi) is 5.94. The van der Waals surface area contributed by atoms with Crippen molar-refractivity contribution < 1.29 is 19.1 Å². The third kappa shape index (κ3) is 4.14. The van der Waals surface area contributed by atoms with Crippen LogP contribution in [-0.2, 0) is 16.6 Å². The maximum absolute atomic E-state index is 13.3. The lowest BCUT2D eigenvalue weighted by Gasteiger charge is -2.35. The highest BCUT2D eigenvalue weighted by Crippen LogP contribution is 2.30. The fourth-order valence-corrected chi connectivity index (χ4v) is 4.77. The van der Waals surface area contributed by atoms with Crippen LogP contribution >= 0.6 is 0 Å². The second kappa shape index (κ2) is 8.51. The summed E-state index contributed by atoms with van der Waals surface area (Å²) in [6.07, 6.45) is 1.16. The molecule has 1 N–H and O–H groups in total. The number of hydrogen-bond acceptors (Lipinski definition) is 5. The van der Waals surface area contributed by atoms with E-state index >= 15 is 0 Å². The standard InChI is InChI=1S/C23H32N4O4/c1-14-22(19-9-17(30-5)6-7-20(19)26(14)4)23(29)24-15-8-16-13-31-18(12-27(16)11-15)10-21(28)25(2)3/h6-7,9,15-16,18H,8,10-13H2,1-5H3,(H,24,29). The number of aryl methyl sites for hydroxylation is 1. The quantitative estimate of drug-likeness (QED) is 0.782. The smallest absolute Gasteiger partial charge is 0.253 e. The molecule has 0 saturated carbocycles. The number of rotatable bonds is 5. The summed E-state index contributed by atoms with van der Waals surface area (Å²) in [4.78, 5) is 29.2. The van der Waals surface area contributed by atoms with E-state index < -0.39 is 0 Å². The summed E-state index contributed by atoms with van der Waals surface area (Å²) in [5.74, 6) is 0.761. The molecule has 1 aromatic carbocycles. The zero-order valence-electron chi connectivity index (χ0n) is 19.0. The molecule has 0 bridgehead atoms. The van der Waals surface area contributed by atoms with Gasteiger partial charge < -0.3 is 24.3 Å². The van der Waals surface area contributed by atoms with Gasteiger partial charge in [-0.15, -0.1) is 0 Å². The van der Waals surface area contributed by atoms with Gasteiger partial charge in [0.05, 0.1) is 31.8 Å². The molecule has 2 amide bonds. The minimum absolute atomic E-state index is 0.0542. The predicted molar refractivity (Wildman–Crippen MR) is 118 cm³/mol. The molecule has 8 heteroatoms. The number of amides is 2. The highest BCUT2D eigenvalue weighted by Gasteiger charge is 2.39. The number of methoxy groups -OCH3 is 1. The number of nitrogens with one attached hydrogen (secondary N) is 1. The van der Waals surface area contributed by atoms with Crippen LogP contribution in [0.3, 0.4) is 0 Å². The van der Waals surface area contributed by atoms with Gasteiger partial charge >= 0.3 is 0 Å². The Labute approximate surface area is 183 Å². The van der Waals surface area contributed by atoms with Gasteiger partial charge in [-0.3, -0.25) is 14.5 Å². The topological polar surface area (TPSA) is 76.0 Å². The van der Waals surface area contributed by atoms with Crippen molar-refractivity contribution in [1.82, 2.24) is 19.7 Å². The number of carbonyl (C=O) groups excluding carboxylic acids is 2. The molecule has 2 aliphatic heterocycles. The van der Waals surface area contributed by atoms with Crippen LogP contribution in [-0.4, -0.2) is 85.3 Å². The average molecular weight is 429 g/mol. The Morgan fingerprint density at radius 2 is 2.06 bits per heavy atom. The Bertz CT molecular complexity index is 999. The van der Waals surface area contributed by atoms with E-state index in [0.29, 0.717) is 18.6 Å². The Hall–Kier alpha value is -2.58. The number of morpholine rings is 1. The second-order valence-electron chi connectivity index (χ2n) is 8.86. The van der Waals surface area contributed by atoms with Crippen molar-refractivity contribution >= 4 is 22.7 Å². The van der Waals surface area contributed by atoms with Gasteiger partial charge in [-0.05, 0) is 31.5 Å². The summed E-state index contributed by atoms with van der Waals surface area (Å²) >= 11 is 0. The van der Waals surface area contributed by atoms with Gasteiger partial charge in [0.15, 0.2) is 0 Å². The molecule has 0 aliphatic carbocycles. The normalized spacial score (nSPS) is 23.6. The number of benzene rings is 1. The molecule has 3 atom stereocenters. The van der Waals surface area contributed by atoms with E-state index in [1.165, 1.54) is 0 Å². The van der Waals surface area contributed by atoms with Crippen LogP contribution in [0.2, 0.25) is 0 Å². The highest BCUT2D eigenvalue weighted by atomic mass is 16.5. The summed E-state index contributed by atoms with van der Waals surface area (Å²) in [5.41, 5.74) is 2.64. The van der Waals surface area contributed by atoms with Crippen molar-refractivity contribution in [2.75, 3.05) is 40.9 Å². The molecule has 8 nitrogen and oxygen atoms in total. The lowest BCUT2D eigenvalue weighted by Crippen LogP contribution is -2.47. The van der Waals surface area contributed by atoms with Crippen LogP contribution < -0.4 is 10.1 Å². The largest absolute Gasteiger partial charge is 0.497 e. The first kappa shape index (κ1) is 21.6. The SMILES string of the molecule is COc1ccc2c(c1)c(C(=O)NC1CC3COC(CC(=O)N(C)C)CN3C1)c(C)n2C. The van der Waals surface area contributed by atoms with E-state index in [0.717, 1.165) is 41.9 Å². The predicted octanol–water partition coefficient (Wildman–Crippen LogP) is 1.55. The van der Waals surface area contributed by atoms with E-state index in [2.05, 4.69) is 10.2 Å². The minimum atomic E-state index is -0.0895. The number of hydrogen-bond donors (Lipinski definition) is 1. The van der Waals surface area contributed by atoms with Crippen molar-refractivity contribution in [2.24, 2.45) is 7.05 Å². The van der Waals surface area contributed by atoms with Crippen LogP contribution in [0, 0.1) is 6.92 Å². The van der Waals surface area contributed by atoms with Gasteiger partial charge in [-0.1, -0.05) is 0 Å². The highest BCUT2D eigenvalue weighted by molar-refractivity contribution is 6.08. The fraction of sp³-hybridized carbons (Fsp3) is 0.565. The average Bonchev–Trinajstić information content (AvgIpc) is 3.24.